The summed E-state index contributed by atoms with van der Waals surface area (Å²) in [6.45, 7) is 4.13. The van der Waals surface area contributed by atoms with Crippen LogP contribution in [-0.4, -0.2) is 35.6 Å². The first-order chi connectivity index (χ1) is 9.52. The zero-order chi connectivity index (χ0) is 15.0. The molecule has 1 rings (SSSR count). The minimum Gasteiger partial charge on any atom is -0.480 e. The Balaban J connectivity index is 2.51. The van der Waals surface area contributed by atoms with Crippen molar-refractivity contribution in [3.05, 3.63) is 35.9 Å². The number of carbonyl (C=O) groups is 2. The Morgan fingerprint density at radius 3 is 2.45 bits per heavy atom. The molecule has 0 saturated carbocycles. The molecule has 110 valence electrons. The Kier molecular flexibility index (Phi) is 6.73. The molecule has 20 heavy (non-hydrogen) atoms. The summed E-state index contributed by atoms with van der Waals surface area (Å²) in [5.74, 6) is -1.32. The van der Waals surface area contributed by atoms with Crippen LogP contribution in [0.4, 0.5) is 0 Å². The Bertz CT molecular complexity index is 434. The quantitative estimate of drug-likeness (QED) is 0.667. The van der Waals surface area contributed by atoms with Crippen molar-refractivity contribution in [2.45, 2.75) is 38.8 Å². The second-order valence-electron chi connectivity index (χ2n) is 4.84. The molecule has 3 N–H and O–H groups in total. The molecule has 0 aliphatic carbocycles. The van der Waals surface area contributed by atoms with Crippen molar-refractivity contribution in [2.75, 3.05) is 6.54 Å². The van der Waals surface area contributed by atoms with Gasteiger partial charge in [-0.3, -0.25) is 4.79 Å². The van der Waals surface area contributed by atoms with E-state index < -0.39 is 12.0 Å². The Hall–Kier alpha value is -1.88. The first-order valence-electron chi connectivity index (χ1n) is 6.82. The van der Waals surface area contributed by atoms with Crippen LogP contribution in [0.2, 0.25) is 0 Å². The van der Waals surface area contributed by atoms with E-state index in [1.165, 1.54) is 0 Å². The number of carboxylic acid groups (broad SMARTS) is 1. The van der Waals surface area contributed by atoms with E-state index in [9.17, 15) is 14.7 Å². The van der Waals surface area contributed by atoms with Gasteiger partial charge in [-0.2, -0.15) is 0 Å². The van der Waals surface area contributed by atoms with Crippen molar-refractivity contribution in [3.8, 4) is 0 Å². The first-order valence-corrected chi connectivity index (χ1v) is 6.82. The summed E-state index contributed by atoms with van der Waals surface area (Å²) in [6.07, 6.45) is 1.20. The lowest BCUT2D eigenvalue weighted by Crippen LogP contribution is -2.46. The molecule has 0 saturated heterocycles. The summed E-state index contributed by atoms with van der Waals surface area (Å²) in [7, 11) is 0. The average molecular weight is 278 g/mol. The topological polar surface area (TPSA) is 78.4 Å². The van der Waals surface area contributed by atoms with Crippen LogP contribution in [-0.2, 0) is 16.0 Å². The first kappa shape index (κ1) is 16.2. The van der Waals surface area contributed by atoms with E-state index in [1.54, 1.807) is 0 Å². The number of hydrogen-bond donors (Lipinski definition) is 3. The van der Waals surface area contributed by atoms with Gasteiger partial charge in [-0.15, -0.1) is 0 Å². The van der Waals surface area contributed by atoms with Gasteiger partial charge in [0.15, 0.2) is 0 Å². The third-order valence-corrected chi connectivity index (χ3v) is 3.14. The lowest BCUT2D eigenvalue weighted by atomic mass is 10.1. The molecular formula is C15H22N2O3. The third kappa shape index (κ3) is 5.84. The van der Waals surface area contributed by atoms with Crippen LogP contribution in [0, 0.1) is 0 Å². The molecular weight excluding hydrogens is 256 g/mol. The largest absolute Gasteiger partial charge is 0.480 e. The summed E-state index contributed by atoms with van der Waals surface area (Å²) < 4.78 is 0. The number of carboxylic acids is 1. The lowest BCUT2D eigenvalue weighted by molar-refractivity contribution is -0.141. The minimum atomic E-state index is -1.02. The van der Waals surface area contributed by atoms with Gasteiger partial charge in [-0.25, -0.2) is 4.79 Å². The predicted molar refractivity (Wildman–Crippen MR) is 77.5 cm³/mol. The summed E-state index contributed by atoms with van der Waals surface area (Å²) in [4.78, 5) is 22.9. The number of rotatable bonds is 8. The molecule has 2 atom stereocenters. The van der Waals surface area contributed by atoms with E-state index in [0.29, 0.717) is 0 Å². The number of aliphatic carboxylic acids is 1. The van der Waals surface area contributed by atoms with Crippen molar-refractivity contribution in [2.24, 2.45) is 0 Å². The maximum absolute atomic E-state index is 11.7. The molecule has 1 unspecified atom stereocenters. The molecule has 5 nitrogen and oxygen atoms in total. The van der Waals surface area contributed by atoms with Gasteiger partial charge >= 0.3 is 5.97 Å². The highest BCUT2D eigenvalue weighted by Crippen LogP contribution is 2.03. The molecule has 5 heteroatoms. The zero-order valence-corrected chi connectivity index (χ0v) is 11.9. The van der Waals surface area contributed by atoms with E-state index >= 15 is 0 Å². The summed E-state index contributed by atoms with van der Waals surface area (Å²) in [5.41, 5.74) is 0.884. The highest BCUT2D eigenvalue weighted by Gasteiger charge is 2.20. The summed E-state index contributed by atoms with van der Waals surface area (Å²) in [5, 5.41) is 14.8. The van der Waals surface area contributed by atoms with E-state index in [-0.39, 0.29) is 24.9 Å². The van der Waals surface area contributed by atoms with Crippen LogP contribution in [0.3, 0.4) is 0 Å². The van der Waals surface area contributed by atoms with Gasteiger partial charge in [0.2, 0.25) is 5.91 Å². The fourth-order valence-corrected chi connectivity index (χ4v) is 1.71. The molecule has 0 spiro atoms. The van der Waals surface area contributed by atoms with E-state index in [2.05, 4.69) is 10.6 Å². The minimum absolute atomic E-state index is 0.133. The van der Waals surface area contributed by atoms with Gasteiger partial charge in [-0.1, -0.05) is 37.3 Å². The highest BCUT2D eigenvalue weighted by molar-refractivity contribution is 5.84. The van der Waals surface area contributed by atoms with Crippen LogP contribution >= 0.6 is 0 Å². The number of carbonyl (C=O) groups excluding carboxylic acids is 1. The maximum atomic E-state index is 11.7. The van der Waals surface area contributed by atoms with Crippen LogP contribution in [0.5, 0.6) is 0 Å². The smallest absolute Gasteiger partial charge is 0.326 e. The number of nitrogens with one attached hydrogen (secondary N) is 2. The van der Waals surface area contributed by atoms with E-state index in [0.717, 1.165) is 12.0 Å². The van der Waals surface area contributed by atoms with Crippen molar-refractivity contribution in [3.63, 3.8) is 0 Å². The second kappa shape index (κ2) is 8.32. The molecule has 0 heterocycles. The zero-order valence-electron chi connectivity index (χ0n) is 11.9. The number of benzene rings is 1. The van der Waals surface area contributed by atoms with Crippen LogP contribution in [0.1, 0.15) is 25.8 Å². The Labute approximate surface area is 119 Å². The van der Waals surface area contributed by atoms with Crippen LogP contribution < -0.4 is 10.6 Å². The molecule has 0 fully saturated rings. The van der Waals surface area contributed by atoms with Gasteiger partial charge in [0.05, 0.1) is 6.54 Å². The fourth-order valence-electron chi connectivity index (χ4n) is 1.71. The fraction of sp³-hybridized carbons (Fsp3) is 0.467. The van der Waals surface area contributed by atoms with Crippen molar-refractivity contribution < 1.29 is 14.7 Å². The molecule has 1 amide bonds. The molecule has 0 aliphatic rings. The van der Waals surface area contributed by atoms with Crippen molar-refractivity contribution >= 4 is 11.9 Å². The van der Waals surface area contributed by atoms with E-state index in [4.69, 9.17) is 0 Å². The monoisotopic (exact) mass is 278 g/mol. The molecule has 1 aromatic rings. The van der Waals surface area contributed by atoms with E-state index in [1.807, 2.05) is 44.2 Å². The Morgan fingerprint density at radius 1 is 1.25 bits per heavy atom. The van der Waals surface area contributed by atoms with Gasteiger partial charge in [0.25, 0.3) is 0 Å². The maximum Gasteiger partial charge on any atom is 0.326 e. The summed E-state index contributed by atoms with van der Waals surface area (Å²) >= 11 is 0. The van der Waals surface area contributed by atoms with Crippen molar-refractivity contribution in [1.82, 2.24) is 10.6 Å². The van der Waals surface area contributed by atoms with Gasteiger partial charge in [0, 0.05) is 12.5 Å². The molecule has 0 radical (unpaired) electrons. The molecule has 1 aromatic carbocycles. The van der Waals surface area contributed by atoms with Gasteiger partial charge < -0.3 is 15.7 Å². The normalized spacial score (nSPS) is 13.5. The highest BCUT2D eigenvalue weighted by atomic mass is 16.4. The predicted octanol–water partition coefficient (Wildman–Crippen LogP) is 1.19. The average Bonchev–Trinajstić information content (AvgIpc) is 2.45. The molecule has 0 bridgehead atoms. The second-order valence-corrected chi connectivity index (χ2v) is 4.84. The standard InChI is InChI=1S/C15H22N2O3/c1-3-11(2)16-10-14(18)17-13(15(19)20)9-12-7-5-4-6-8-12/h4-8,11,13,16H,3,9-10H2,1-2H3,(H,17,18)(H,19,20)/t11?,13-/m0/s1. The molecule has 0 aliphatic heterocycles. The van der Waals surface area contributed by atoms with Gasteiger partial charge in [0.1, 0.15) is 6.04 Å². The Morgan fingerprint density at radius 2 is 1.90 bits per heavy atom. The lowest BCUT2D eigenvalue weighted by Gasteiger charge is -2.16. The third-order valence-electron chi connectivity index (χ3n) is 3.14. The van der Waals surface area contributed by atoms with Crippen molar-refractivity contribution in [1.29, 1.82) is 0 Å². The summed E-state index contributed by atoms with van der Waals surface area (Å²) in [6, 6.07) is 8.59. The number of hydrogen-bond acceptors (Lipinski definition) is 3. The van der Waals surface area contributed by atoms with Gasteiger partial charge in [-0.05, 0) is 18.9 Å². The van der Waals surface area contributed by atoms with Crippen LogP contribution in [0.15, 0.2) is 30.3 Å². The SMILES string of the molecule is CCC(C)NCC(=O)N[C@@H](Cc1ccccc1)C(=O)O. The number of amides is 1. The van der Waals surface area contributed by atoms with Crippen LogP contribution in [0.25, 0.3) is 0 Å². The molecule has 0 aromatic heterocycles.